The third-order valence-corrected chi connectivity index (χ3v) is 4.25. The zero-order valence-electron chi connectivity index (χ0n) is 17.0. The van der Waals surface area contributed by atoms with Gasteiger partial charge in [-0.3, -0.25) is 10.2 Å². The van der Waals surface area contributed by atoms with Crippen LogP contribution in [0.3, 0.4) is 0 Å². The molecule has 0 fully saturated rings. The molecule has 0 bridgehead atoms. The topological polar surface area (TPSA) is 107 Å². The Labute approximate surface area is 179 Å². The first-order chi connectivity index (χ1) is 15.0. The highest BCUT2D eigenvalue weighted by molar-refractivity contribution is 5.95. The van der Waals surface area contributed by atoms with Crippen LogP contribution in [0, 0.1) is 17.0 Å². The fourth-order valence-electron chi connectivity index (χ4n) is 2.72. The maximum Gasteiger partial charge on any atom is 0.422 e. The van der Waals surface area contributed by atoms with Crippen LogP contribution in [-0.4, -0.2) is 38.7 Å². The second-order valence-electron chi connectivity index (χ2n) is 6.48. The highest BCUT2D eigenvalue weighted by atomic mass is 19.4. The third-order valence-electron chi connectivity index (χ3n) is 4.25. The Hall–Kier alpha value is -3.41. The Kier molecular flexibility index (Phi) is 7.97. The van der Waals surface area contributed by atoms with Crippen LogP contribution in [-0.2, 0) is 16.1 Å². The van der Waals surface area contributed by atoms with Crippen molar-refractivity contribution in [3.05, 3.63) is 58.7 Å². The Morgan fingerprint density at radius 2 is 1.78 bits per heavy atom. The third kappa shape index (κ3) is 6.30. The molecule has 0 saturated heterocycles. The zero-order valence-corrected chi connectivity index (χ0v) is 17.0. The van der Waals surface area contributed by atoms with Gasteiger partial charge in [0.2, 0.25) is 0 Å². The molecule has 2 aromatic rings. The van der Waals surface area contributed by atoms with Crippen LogP contribution in [0.15, 0.2) is 30.3 Å². The molecule has 32 heavy (non-hydrogen) atoms. The van der Waals surface area contributed by atoms with Gasteiger partial charge in [-0.25, -0.2) is 8.78 Å². The number of benzene rings is 2. The Morgan fingerprint density at radius 3 is 2.28 bits per heavy atom. The Balaban J connectivity index is 2.24. The largest absolute Gasteiger partial charge is 0.497 e. The number of hydrogen-bond donors (Lipinski definition) is 3. The minimum atomic E-state index is -4.63. The molecule has 7 nitrogen and oxygen atoms in total. The first kappa shape index (κ1) is 24.9. The normalized spacial score (nSPS) is 12.2. The molecule has 0 aliphatic rings. The molecular formula is C20H20F5N3O4. The molecule has 2 aromatic carbocycles. The lowest BCUT2D eigenvalue weighted by Crippen LogP contribution is -2.31. The minimum Gasteiger partial charge on any atom is -0.497 e. The highest BCUT2D eigenvalue weighted by Crippen LogP contribution is 2.28. The first-order valence-corrected chi connectivity index (χ1v) is 8.97. The summed E-state index contributed by atoms with van der Waals surface area (Å²) in [5, 5.41) is 9.75. The summed E-state index contributed by atoms with van der Waals surface area (Å²) in [6.45, 7) is -1.97. The number of rotatable bonds is 9. The number of nitrogens with one attached hydrogen (secondary N) is 2. The number of alkyl halides is 3. The molecule has 0 aliphatic carbocycles. The lowest BCUT2D eigenvalue weighted by Gasteiger charge is -2.19. The first-order valence-electron chi connectivity index (χ1n) is 8.97. The standard InChI is InChI=1S/C20H20F5N3O4/c1-30-12-6-13(21)16(14(22)7-12)17(31-2)19(29)28-8-11-4-3-10(18(26)27)5-15(11)32-9-20(23,24)25/h3-7,17H,8-9H2,1-2H3,(H3,26,27)(H,28,29)/t17-/m0/s1. The Bertz CT molecular complexity index is 975. The summed E-state index contributed by atoms with van der Waals surface area (Å²) in [4.78, 5) is 12.5. The van der Waals surface area contributed by atoms with E-state index in [1.54, 1.807) is 0 Å². The molecular weight excluding hydrogens is 441 g/mol. The summed E-state index contributed by atoms with van der Waals surface area (Å²) in [6.07, 6.45) is -6.31. The molecule has 4 N–H and O–H groups in total. The maximum atomic E-state index is 14.3. The number of hydrogen-bond acceptors (Lipinski definition) is 5. The molecule has 1 atom stereocenters. The maximum absolute atomic E-state index is 14.3. The number of ether oxygens (including phenoxy) is 3. The number of halogens is 5. The van der Waals surface area contributed by atoms with E-state index in [0.29, 0.717) is 0 Å². The molecule has 12 heteroatoms. The van der Waals surface area contributed by atoms with E-state index in [-0.39, 0.29) is 29.2 Å². The van der Waals surface area contributed by atoms with Gasteiger partial charge in [0.1, 0.15) is 29.0 Å². The van der Waals surface area contributed by atoms with Crippen molar-refractivity contribution in [2.24, 2.45) is 5.73 Å². The van der Waals surface area contributed by atoms with Gasteiger partial charge in [-0.1, -0.05) is 12.1 Å². The van der Waals surface area contributed by atoms with E-state index in [0.717, 1.165) is 25.3 Å². The van der Waals surface area contributed by atoms with Gasteiger partial charge < -0.3 is 25.3 Å². The fraction of sp³-hybridized carbons (Fsp3) is 0.300. The Morgan fingerprint density at radius 1 is 1.16 bits per heavy atom. The van der Waals surface area contributed by atoms with Crippen molar-refractivity contribution in [3.8, 4) is 11.5 Å². The van der Waals surface area contributed by atoms with Crippen molar-refractivity contribution in [1.29, 1.82) is 5.41 Å². The van der Waals surface area contributed by atoms with E-state index in [4.69, 9.17) is 25.4 Å². The monoisotopic (exact) mass is 461 g/mol. The zero-order chi connectivity index (χ0) is 24.1. The summed E-state index contributed by atoms with van der Waals surface area (Å²) < 4.78 is 80.8. The van der Waals surface area contributed by atoms with Gasteiger partial charge in [-0.15, -0.1) is 0 Å². The van der Waals surface area contributed by atoms with Crippen molar-refractivity contribution in [3.63, 3.8) is 0 Å². The summed E-state index contributed by atoms with van der Waals surface area (Å²) in [5.74, 6) is -3.88. The van der Waals surface area contributed by atoms with Crippen LogP contribution in [0.5, 0.6) is 11.5 Å². The van der Waals surface area contributed by atoms with Crippen molar-refractivity contribution in [2.75, 3.05) is 20.8 Å². The molecule has 0 radical (unpaired) electrons. The van der Waals surface area contributed by atoms with E-state index in [9.17, 15) is 26.7 Å². The van der Waals surface area contributed by atoms with Gasteiger partial charge in [-0.2, -0.15) is 13.2 Å². The molecule has 0 aromatic heterocycles. The molecule has 0 saturated carbocycles. The molecule has 0 unspecified atom stereocenters. The van der Waals surface area contributed by atoms with E-state index in [1.165, 1.54) is 19.2 Å². The smallest absolute Gasteiger partial charge is 0.422 e. The number of amides is 1. The van der Waals surface area contributed by atoms with Gasteiger partial charge in [0, 0.05) is 36.9 Å². The number of nitrogens with two attached hydrogens (primary N) is 1. The molecule has 0 heterocycles. The van der Waals surface area contributed by atoms with E-state index in [2.05, 4.69) is 5.32 Å². The molecule has 2 rings (SSSR count). The number of carbonyl (C=O) groups excluding carboxylic acids is 1. The summed E-state index contributed by atoms with van der Waals surface area (Å²) in [5.41, 5.74) is 4.90. The fourth-order valence-corrected chi connectivity index (χ4v) is 2.72. The number of methoxy groups -OCH3 is 2. The van der Waals surface area contributed by atoms with Gasteiger partial charge in [0.25, 0.3) is 5.91 Å². The molecule has 174 valence electrons. The van der Waals surface area contributed by atoms with E-state index in [1.807, 2.05) is 0 Å². The van der Waals surface area contributed by atoms with Crippen LogP contribution in [0.4, 0.5) is 22.0 Å². The number of nitrogen functional groups attached to an aromatic ring is 1. The van der Waals surface area contributed by atoms with Crippen molar-refractivity contribution in [2.45, 2.75) is 18.8 Å². The van der Waals surface area contributed by atoms with Crippen LogP contribution < -0.4 is 20.5 Å². The van der Waals surface area contributed by atoms with Gasteiger partial charge >= 0.3 is 6.18 Å². The molecule has 0 aliphatic heterocycles. The quantitative estimate of drug-likeness (QED) is 0.302. The second kappa shape index (κ2) is 10.3. The van der Waals surface area contributed by atoms with E-state index < -0.39 is 47.8 Å². The average molecular weight is 461 g/mol. The van der Waals surface area contributed by atoms with Gasteiger partial charge in [0.15, 0.2) is 12.7 Å². The lowest BCUT2D eigenvalue weighted by atomic mass is 10.1. The lowest BCUT2D eigenvalue weighted by molar-refractivity contribution is -0.153. The van der Waals surface area contributed by atoms with Crippen LogP contribution in [0.25, 0.3) is 0 Å². The summed E-state index contributed by atoms with van der Waals surface area (Å²) in [6, 6.07) is 5.52. The predicted molar refractivity (Wildman–Crippen MR) is 104 cm³/mol. The summed E-state index contributed by atoms with van der Waals surface area (Å²) in [7, 11) is 2.27. The SMILES string of the molecule is COc1cc(F)c([C@H](OC)C(=O)NCc2ccc(C(=N)N)cc2OCC(F)(F)F)c(F)c1. The number of amidine groups is 1. The molecule has 0 spiro atoms. The summed E-state index contributed by atoms with van der Waals surface area (Å²) >= 11 is 0. The van der Waals surface area contributed by atoms with Gasteiger partial charge in [-0.05, 0) is 6.07 Å². The van der Waals surface area contributed by atoms with E-state index >= 15 is 0 Å². The minimum absolute atomic E-state index is 0.101. The van der Waals surface area contributed by atoms with Crippen LogP contribution in [0.2, 0.25) is 0 Å². The molecule has 1 amide bonds. The second-order valence-corrected chi connectivity index (χ2v) is 6.48. The highest BCUT2D eigenvalue weighted by Gasteiger charge is 2.30. The van der Waals surface area contributed by atoms with Crippen molar-refractivity contribution < 1.29 is 41.0 Å². The average Bonchev–Trinajstić information content (AvgIpc) is 2.72. The number of carbonyl (C=O) groups is 1. The van der Waals surface area contributed by atoms with Crippen molar-refractivity contribution >= 4 is 11.7 Å². The van der Waals surface area contributed by atoms with Crippen LogP contribution in [0.1, 0.15) is 22.8 Å². The van der Waals surface area contributed by atoms with Crippen LogP contribution >= 0.6 is 0 Å². The van der Waals surface area contributed by atoms with Gasteiger partial charge in [0.05, 0.1) is 12.7 Å². The predicted octanol–water partition coefficient (Wildman–Crippen LogP) is 3.20. The van der Waals surface area contributed by atoms with Crippen molar-refractivity contribution in [1.82, 2.24) is 5.32 Å².